The summed E-state index contributed by atoms with van der Waals surface area (Å²) in [7, 11) is 1.64. The maximum Gasteiger partial charge on any atom is 0.248 e. The first-order valence-electron chi connectivity index (χ1n) is 6.75. The number of benzene rings is 1. The van der Waals surface area contributed by atoms with Gasteiger partial charge in [-0.1, -0.05) is 30.3 Å². The van der Waals surface area contributed by atoms with Gasteiger partial charge in [0.25, 0.3) is 0 Å². The van der Waals surface area contributed by atoms with Gasteiger partial charge in [-0.15, -0.1) is 0 Å². The molecule has 0 aliphatic carbocycles. The molecule has 2 aliphatic rings. The van der Waals surface area contributed by atoms with Crippen molar-refractivity contribution in [2.75, 3.05) is 13.7 Å². The molecule has 0 aromatic heterocycles. The van der Waals surface area contributed by atoms with Crippen LogP contribution in [-0.4, -0.2) is 42.4 Å². The minimum atomic E-state index is -0.327. The molecule has 0 saturated carbocycles. The highest BCUT2D eigenvalue weighted by molar-refractivity contribution is 5.96. The van der Waals surface area contributed by atoms with Crippen molar-refractivity contribution in [3.63, 3.8) is 0 Å². The van der Waals surface area contributed by atoms with Gasteiger partial charge in [0, 0.05) is 13.0 Å². The molecule has 2 atom stereocenters. The highest BCUT2D eigenvalue weighted by Gasteiger charge is 2.40. The number of hydrogen-bond acceptors (Lipinski definition) is 3. The zero-order valence-electron chi connectivity index (χ0n) is 11.1. The fourth-order valence-corrected chi connectivity index (χ4v) is 2.93. The van der Waals surface area contributed by atoms with E-state index < -0.39 is 0 Å². The molecule has 0 spiro atoms. The molecule has 0 bridgehead atoms. The summed E-state index contributed by atoms with van der Waals surface area (Å²) >= 11 is 0. The van der Waals surface area contributed by atoms with Gasteiger partial charge in [0.05, 0.1) is 7.11 Å². The number of methoxy groups -OCH3 is 1. The van der Waals surface area contributed by atoms with Crippen molar-refractivity contribution in [3.8, 4) is 0 Å². The third-order valence-electron chi connectivity index (χ3n) is 3.87. The largest absolute Gasteiger partial charge is 0.483 e. The third kappa shape index (κ3) is 2.23. The van der Waals surface area contributed by atoms with Crippen LogP contribution in [0.5, 0.6) is 0 Å². The van der Waals surface area contributed by atoms with Crippen LogP contribution in [0, 0.1) is 0 Å². The average Bonchev–Trinajstić information content (AvgIpc) is 2.93. The Kier molecular flexibility index (Phi) is 3.23. The Balaban J connectivity index is 1.85. The van der Waals surface area contributed by atoms with Crippen molar-refractivity contribution >= 4 is 11.8 Å². The maximum absolute atomic E-state index is 12.4. The number of carbonyl (C=O) groups is 1. The van der Waals surface area contributed by atoms with E-state index in [4.69, 9.17) is 4.74 Å². The second-order valence-corrected chi connectivity index (χ2v) is 5.07. The zero-order valence-corrected chi connectivity index (χ0v) is 11.1. The summed E-state index contributed by atoms with van der Waals surface area (Å²) in [5.41, 5.74) is 1.14. The van der Waals surface area contributed by atoms with Crippen molar-refractivity contribution in [2.45, 2.75) is 31.3 Å². The summed E-state index contributed by atoms with van der Waals surface area (Å²) in [5.74, 6) is 0.866. The van der Waals surface area contributed by atoms with Gasteiger partial charge in [-0.3, -0.25) is 4.79 Å². The van der Waals surface area contributed by atoms with Crippen LogP contribution in [-0.2, 0) is 16.0 Å². The standard InChI is InChI=1S/C15H18N2O2/c1-19-14-13-8-5-9-17(13)15(18)12(16-14)10-11-6-3-2-4-7-11/h2-4,6-7,12-13H,5,8-10H2,1H3/t12-,13+/m1/s1. The first-order chi connectivity index (χ1) is 9.29. The number of rotatable bonds is 2. The molecule has 2 aliphatic heterocycles. The Morgan fingerprint density at radius 2 is 2.16 bits per heavy atom. The number of nitrogens with zero attached hydrogens (tertiary/aromatic N) is 2. The van der Waals surface area contributed by atoms with Crippen LogP contribution in [0.25, 0.3) is 0 Å². The third-order valence-corrected chi connectivity index (χ3v) is 3.87. The van der Waals surface area contributed by atoms with Crippen molar-refractivity contribution in [1.29, 1.82) is 0 Å². The van der Waals surface area contributed by atoms with Gasteiger partial charge in [-0.25, -0.2) is 4.99 Å². The van der Waals surface area contributed by atoms with Crippen LogP contribution >= 0.6 is 0 Å². The summed E-state index contributed by atoms with van der Waals surface area (Å²) in [6, 6.07) is 9.77. The normalized spacial score (nSPS) is 26.1. The Morgan fingerprint density at radius 1 is 1.37 bits per heavy atom. The lowest BCUT2D eigenvalue weighted by molar-refractivity contribution is -0.133. The van der Waals surface area contributed by atoms with E-state index in [-0.39, 0.29) is 18.0 Å². The van der Waals surface area contributed by atoms with Crippen molar-refractivity contribution in [1.82, 2.24) is 4.90 Å². The van der Waals surface area contributed by atoms with Crippen LogP contribution < -0.4 is 0 Å². The highest BCUT2D eigenvalue weighted by atomic mass is 16.5. The molecular formula is C15H18N2O2. The first kappa shape index (κ1) is 12.2. The predicted octanol–water partition coefficient (Wildman–Crippen LogP) is 1.65. The number of carbonyl (C=O) groups excluding carboxylic acids is 1. The van der Waals surface area contributed by atoms with E-state index in [1.807, 2.05) is 35.2 Å². The smallest absolute Gasteiger partial charge is 0.248 e. The van der Waals surface area contributed by atoms with Gasteiger partial charge in [0.2, 0.25) is 11.8 Å². The van der Waals surface area contributed by atoms with Gasteiger partial charge in [0.1, 0.15) is 12.1 Å². The second kappa shape index (κ2) is 5.03. The van der Waals surface area contributed by atoms with E-state index in [1.54, 1.807) is 7.11 Å². The van der Waals surface area contributed by atoms with Crippen LogP contribution in [0.15, 0.2) is 35.3 Å². The summed E-state index contributed by atoms with van der Waals surface area (Å²) in [6.45, 7) is 0.831. The molecule has 1 aromatic carbocycles. The summed E-state index contributed by atoms with van der Waals surface area (Å²) in [4.78, 5) is 18.9. The van der Waals surface area contributed by atoms with E-state index >= 15 is 0 Å². The van der Waals surface area contributed by atoms with Crippen molar-refractivity contribution in [3.05, 3.63) is 35.9 Å². The van der Waals surface area contributed by atoms with Crippen molar-refractivity contribution in [2.24, 2.45) is 4.99 Å². The lowest BCUT2D eigenvalue weighted by Crippen LogP contribution is -2.50. The van der Waals surface area contributed by atoms with Gasteiger partial charge < -0.3 is 9.64 Å². The number of ether oxygens (including phenoxy) is 1. The van der Waals surface area contributed by atoms with Gasteiger partial charge >= 0.3 is 0 Å². The van der Waals surface area contributed by atoms with Crippen molar-refractivity contribution < 1.29 is 9.53 Å². The Hall–Kier alpha value is -1.84. The van der Waals surface area contributed by atoms with E-state index in [0.29, 0.717) is 6.42 Å². The lowest BCUT2D eigenvalue weighted by atomic mass is 10.0. The molecule has 19 heavy (non-hydrogen) atoms. The van der Waals surface area contributed by atoms with Crippen LogP contribution in [0.4, 0.5) is 0 Å². The quantitative estimate of drug-likeness (QED) is 0.809. The summed E-state index contributed by atoms with van der Waals surface area (Å²) in [6.07, 6.45) is 2.66. The second-order valence-electron chi connectivity index (χ2n) is 5.07. The molecular weight excluding hydrogens is 240 g/mol. The Labute approximate surface area is 113 Å². The molecule has 0 radical (unpaired) electrons. The van der Waals surface area contributed by atoms with Gasteiger partial charge in [-0.05, 0) is 18.4 Å². The first-order valence-corrected chi connectivity index (χ1v) is 6.75. The zero-order chi connectivity index (χ0) is 13.2. The van der Waals surface area contributed by atoms with Crippen LogP contribution in [0.2, 0.25) is 0 Å². The fourth-order valence-electron chi connectivity index (χ4n) is 2.93. The molecule has 100 valence electrons. The number of fused-ring (bicyclic) bond motifs is 1. The molecule has 1 amide bonds. The van der Waals surface area contributed by atoms with Crippen LogP contribution in [0.3, 0.4) is 0 Å². The molecule has 2 heterocycles. The van der Waals surface area contributed by atoms with Crippen LogP contribution in [0.1, 0.15) is 18.4 Å². The molecule has 1 saturated heterocycles. The summed E-state index contributed by atoms with van der Waals surface area (Å²) in [5, 5.41) is 0. The highest BCUT2D eigenvalue weighted by Crippen LogP contribution is 2.26. The molecule has 0 unspecified atom stereocenters. The minimum absolute atomic E-state index is 0.0736. The molecule has 4 nitrogen and oxygen atoms in total. The minimum Gasteiger partial charge on any atom is -0.483 e. The van der Waals surface area contributed by atoms with Gasteiger partial charge in [-0.2, -0.15) is 0 Å². The topological polar surface area (TPSA) is 41.9 Å². The predicted molar refractivity (Wildman–Crippen MR) is 73.1 cm³/mol. The van der Waals surface area contributed by atoms with Gasteiger partial charge in [0.15, 0.2) is 0 Å². The SMILES string of the molecule is COC1=N[C@H](Cc2ccccc2)C(=O)N2CCC[C@@H]12. The maximum atomic E-state index is 12.4. The van der Waals surface area contributed by atoms with E-state index in [2.05, 4.69) is 4.99 Å². The van der Waals surface area contributed by atoms with E-state index in [9.17, 15) is 4.79 Å². The van der Waals surface area contributed by atoms with E-state index in [0.717, 1.165) is 30.8 Å². The molecule has 3 rings (SSSR count). The van der Waals surface area contributed by atoms with E-state index in [1.165, 1.54) is 0 Å². The number of aliphatic imine (C=N–C) groups is 1. The Bertz CT molecular complexity index is 498. The Morgan fingerprint density at radius 3 is 2.89 bits per heavy atom. The molecule has 1 aromatic rings. The monoisotopic (exact) mass is 258 g/mol. The summed E-state index contributed by atoms with van der Waals surface area (Å²) < 4.78 is 5.38. The molecule has 1 fully saturated rings. The molecule has 4 heteroatoms. The fraction of sp³-hybridized carbons (Fsp3) is 0.467. The average molecular weight is 258 g/mol. The number of amides is 1. The molecule has 0 N–H and O–H groups in total. The number of hydrogen-bond donors (Lipinski definition) is 0. The lowest BCUT2D eigenvalue weighted by Gasteiger charge is -2.32.